The molecule has 1 aliphatic carbocycles. The molecule has 2 aliphatic rings. The summed E-state index contributed by atoms with van der Waals surface area (Å²) >= 11 is 3.73. The molecule has 0 N–H and O–H groups in total. The first kappa shape index (κ1) is 28.9. The maximum Gasteiger partial charge on any atom is 0.165 e. The molecule has 0 fully saturated rings. The molecule has 0 radical (unpaired) electrons. The molecule has 0 unspecified atom stereocenters. The highest BCUT2D eigenvalue weighted by atomic mass is 32.2. The van der Waals surface area contributed by atoms with Crippen LogP contribution < -0.4 is 0 Å². The molecular weight excluding hydrogens is 659 g/mol. The quantitative estimate of drug-likeness (QED) is 0.186. The van der Waals surface area contributed by atoms with Gasteiger partial charge in [0.25, 0.3) is 0 Å². The Morgan fingerprint density at radius 1 is 0.392 bits per heavy atom. The molecule has 0 saturated carbocycles. The third-order valence-corrected chi connectivity index (χ3v) is 12.7. The summed E-state index contributed by atoms with van der Waals surface area (Å²) in [6.07, 6.45) is 0. The van der Waals surface area contributed by atoms with Crippen molar-refractivity contribution in [3.05, 3.63) is 186 Å². The van der Waals surface area contributed by atoms with E-state index in [-0.39, 0.29) is 0 Å². The fraction of sp³-hybridized carbons (Fsp3) is 0.0217. The van der Waals surface area contributed by atoms with Gasteiger partial charge in [0.2, 0.25) is 0 Å². The van der Waals surface area contributed by atoms with Crippen LogP contribution in [0.25, 0.3) is 65.5 Å². The van der Waals surface area contributed by atoms with Gasteiger partial charge in [-0.2, -0.15) is 0 Å². The number of rotatable bonds is 3. The van der Waals surface area contributed by atoms with Gasteiger partial charge in [-0.3, -0.25) is 0 Å². The number of nitrogens with zero attached hydrogens (tertiary/aromatic N) is 3. The van der Waals surface area contributed by atoms with E-state index in [4.69, 9.17) is 15.0 Å². The molecule has 0 saturated heterocycles. The molecular formula is C46H27N3S2. The topological polar surface area (TPSA) is 38.7 Å². The Labute approximate surface area is 303 Å². The van der Waals surface area contributed by atoms with Crippen molar-refractivity contribution < 1.29 is 0 Å². The van der Waals surface area contributed by atoms with Gasteiger partial charge in [0.15, 0.2) is 17.5 Å². The minimum absolute atomic E-state index is 0.402. The summed E-state index contributed by atoms with van der Waals surface area (Å²) in [5, 5.41) is 2.48. The Bertz CT molecular complexity index is 2740. The van der Waals surface area contributed by atoms with Crippen LogP contribution in [0.3, 0.4) is 0 Å². The molecule has 5 heteroatoms. The second-order valence-corrected chi connectivity index (χ2v) is 15.2. The van der Waals surface area contributed by atoms with Crippen molar-refractivity contribution in [1.82, 2.24) is 15.0 Å². The summed E-state index contributed by atoms with van der Waals surface area (Å²) in [5.41, 5.74) is 10.6. The first-order valence-corrected chi connectivity index (χ1v) is 18.7. The Hall–Kier alpha value is -5.88. The maximum atomic E-state index is 5.11. The highest BCUT2D eigenvalue weighted by Gasteiger charge is 2.50. The molecule has 0 atom stereocenters. The van der Waals surface area contributed by atoms with Crippen molar-refractivity contribution in [3.8, 4) is 45.3 Å². The van der Waals surface area contributed by atoms with Crippen LogP contribution in [0.2, 0.25) is 0 Å². The van der Waals surface area contributed by atoms with E-state index < -0.39 is 5.41 Å². The van der Waals surface area contributed by atoms with Crippen LogP contribution >= 0.6 is 23.1 Å². The Balaban J connectivity index is 1.18. The van der Waals surface area contributed by atoms with Crippen LogP contribution in [0.15, 0.2) is 174 Å². The minimum atomic E-state index is -0.402. The number of aromatic nitrogens is 3. The van der Waals surface area contributed by atoms with Crippen LogP contribution in [-0.4, -0.2) is 15.0 Å². The molecule has 1 spiro atoms. The smallest absolute Gasteiger partial charge is 0.165 e. The maximum absolute atomic E-state index is 5.11. The molecule has 238 valence electrons. The summed E-state index contributed by atoms with van der Waals surface area (Å²) in [4.78, 5) is 17.8. The van der Waals surface area contributed by atoms with E-state index in [9.17, 15) is 0 Å². The lowest BCUT2D eigenvalue weighted by Crippen LogP contribution is -2.31. The third-order valence-electron chi connectivity index (χ3n) is 10.4. The predicted octanol–water partition coefficient (Wildman–Crippen LogP) is 12.1. The second kappa shape index (κ2) is 11.1. The van der Waals surface area contributed by atoms with Gasteiger partial charge in [0.05, 0.1) is 5.41 Å². The number of thiophene rings is 1. The zero-order chi connectivity index (χ0) is 33.5. The van der Waals surface area contributed by atoms with Gasteiger partial charge in [-0.25, -0.2) is 15.0 Å². The molecule has 1 aliphatic heterocycles. The summed E-state index contributed by atoms with van der Waals surface area (Å²) < 4.78 is 2.45. The van der Waals surface area contributed by atoms with Gasteiger partial charge in [0, 0.05) is 46.7 Å². The van der Waals surface area contributed by atoms with E-state index in [2.05, 4.69) is 127 Å². The van der Waals surface area contributed by atoms with Crippen LogP contribution in [0.4, 0.5) is 0 Å². The normalized spacial score (nSPS) is 13.6. The summed E-state index contributed by atoms with van der Waals surface area (Å²) in [5.74, 6) is 2.02. The Morgan fingerprint density at radius 2 is 0.941 bits per heavy atom. The van der Waals surface area contributed by atoms with E-state index in [1.54, 1.807) is 0 Å². The van der Waals surface area contributed by atoms with Crippen LogP contribution in [0, 0.1) is 0 Å². The predicted molar refractivity (Wildman–Crippen MR) is 210 cm³/mol. The monoisotopic (exact) mass is 685 g/mol. The number of hydrogen-bond donors (Lipinski definition) is 0. The molecule has 9 aromatic rings. The lowest BCUT2D eigenvalue weighted by molar-refractivity contribution is 0.724. The van der Waals surface area contributed by atoms with Crippen molar-refractivity contribution in [1.29, 1.82) is 0 Å². The van der Waals surface area contributed by atoms with E-state index in [1.807, 2.05) is 59.5 Å². The lowest BCUT2D eigenvalue weighted by atomic mass is 9.67. The van der Waals surface area contributed by atoms with Gasteiger partial charge in [0.1, 0.15) is 0 Å². The van der Waals surface area contributed by atoms with Crippen molar-refractivity contribution in [2.75, 3.05) is 0 Å². The number of benzene rings is 7. The van der Waals surface area contributed by atoms with E-state index in [0.29, 0.717) is 17.5 Å². The molecule has 2 aromatic heterocycles. The Morgan fingerprint density at radius 3 is 1.61 bits per heavy atom. The van der Waals surface area contributed by atoms with Crippen molar-refractivity contribution in [3.63, 3.8) is 0 Å². The van der Waals surface area contributed by atoms with Gasteiger partial charge in [-0.1, -0.05) is 151 Å². The lowest BCUT2D eigenvalue weighted by Gasteiger charge is -2.39. The van der Waals surface area contributed by atoms with Crippen LogP contribution in [0.5, 0.6) is 0 Å². The van der Waals surface area contributed by atoms with E-state index >= 15 is 0 Å². The zero-order valence-electron chi connectivity index (χ0n) is 27.2. The van der Waals surface area contributed by atoms with Gasteiger partial charge < -0.3 is 0 Å². The standard InChI is InChI=1S/C46H27N3S2/c1-3-14-28(15-4-1)43-47-44(29-16-5-2-6-17-29)49-45(48-43)33-21-13-20-32-34-26-41-38(27-40(34)51-42(32)33)46(37-24-11-12-25-39(37)50-41)35-22-9-7-18-30(35)31-19-8-10-23-36(31)46/h1-27H. The fourth-order valence-electron chi connectivity index (χ4n) is 8.25. The first-order chi connectivity index (χ1) is 25.3. The van der Waals surface area contributed by atoms with Gasteiger partial charge in [-0.15, -0.1) is 11.3 Å². The molecule has 51 heavy (non-hydrogen) atoms. The van der Waals surface area contributed by atoms with E-state index in [1.165, 1.54) is 63.3 Å². The SMILES string of the molecule is c1ccc(-c2nc(-c3ccccc3)nc(-c3cccc4c3sc3cc5c(cc34)Sc3ccccc3C53c4ccccc4-c4ccccc43)n2)cc1. The van der Waals surface area contributed by atoms with Gasteiger partial charge >= 0.3 is 0 Å². The zero-order valence-corrected chi connectivity index (χ0v) is 28.9. The molecule has 3 nitrogen and oxygen atoms in total. The highest BCUT2D eigenvalue weighted by Crippen LogP contribution is 2.63. The molecule has 11 rings (SSSR count). The number of fused-ring (bicyclic) bond motifs is 12. The van der Waals surface area contributed by atoms with E-state index in [0.717, 1.165) is 16.7 Å². The summed E-state index contributed by atoms with van der Waals surface area (Å²) in [7, 11) is 0. The molecule has 7 aromatic carbocycles. The summed E-state index contributed by atoms with van der Waals surface area (Å²) in [6, 6.07) is 58.9. The van der Waals surface area contributed by atoms with Crippen molar-refractivity contribution >= 4 is 43.3 Å². The highest BCUT2D eigenvalue weighted by molar-refractivity contribution is 7.99. The van der Waals surface area contributed by atoms with Gasteiger partial charge in [-0.05, 0) is 57.6 Å². The Kier molecular flexibility index (Phi) is 6.27. The minimum Gasteiger partial charge on any atom is -0.208 e. The molecule has 0 bridgehead atoms. The van der Waals surface area contributed by atoms with Crippen molar-refractivity contribution in [2.24, 2.45) is 0 Å². The third kappa shape index (κ3) is 4.16. The molecule has 0 amide bonds. The molecule has 3 heterocycles. The average molecular weight is 686 g/mol. The summed E-state index contributed by atoms with van der Waals surface area (Å²) in [6.45, 7) is 0. The number of hydrogen-bond acceptors (Lipinski definition) is 5. The largest absolute Gasteiger partial charge is 0.208 e. The van der Waals surface area contributed by atoms with Crippen LogP contribution in [-0.2, 0) is 5.41 Å². The average Bonchev–Trinajstić information content (AvgIpc) is 3.71. The van der Waals surface area contributed by atoms with Crippen molar-refractivity contribution in [2.45, 2.75) is 15.2 Å². The first-order valence-electron chi connectivity index (χ1n) is 17.1. The fourth-order valence-corrected chi connectivity index (χ4v) is 10.7. The second-order valence-electron chi connectivity index (χ2n) is 13.1. The van der Waals surface area contributed by atoms with Crippen LogP contribution in [0.1, 0.15) is 22.3 Å².